The minimum absolute atomic E-state index is 0.512. The average Bonchev–Trinajstić information content (AvgIpc) is 2.82. The van der Waals surface area contributed by atoms with Gasteiger partial charge in [-0.1, -0.05) is 19.3 Å². The van der Waals surface area contributed by atoms with Gasteiger partial charge in [0, 0.05) is 0 Å². The Morgan fingerprint density at radius 2 is 2.13 bits per heavy atom. The number of aliphatic hydroxyl groups is 1. The number of nitriles is 1. The predicted octanol–water partition coefficient (Wildman–Crippen LogP) is 2.79. The Morgan fingerprint density at radius 1 is 1.40 bits per heavy atom. The number of nitrogens with zero attached hydrogens (tertiary/aromatic N) is 1. The molecule has 0 aliphatic heterocycles. The summed E-state index contributed by atoms with van der Waals surface area (Å²) in [6, 6.07) is 5.77. The molecule has 0 saturated heterocycles. The normalized spacial score (nSPS) is 21.9. The molecule has 1 fully saturated rings. The van der Waals surface area contributed by atoms with Gasteiger partial charge in [-0.2, -0.15) is 5.26 Å². The van der Waals surface area contributed by atoms with E-state index in [4.69, 9.17) is 4.42 Å². The second-order valence-electron chi connectivity index (χ2n) is 4.25. The lowest BCUT2D eigenvalue weighted by Gasteiger charge is -2.33. The molecule has 80 valence electrons. The highest BCUT2D eigenvalue weighted by Crippen LogP contribution is 2.45. The molecule has 0 spiro atoms. The molecule has 3 nitrogen and oxygen atoms in total. The van der Waals surface area contributed by atoms with Crippen LogP contribution in [0.25, 0.3) is 0 Å². The molecule has 1 unspecified atom stereocenters. The summed E-state index contributed by atoms with van der Waals surface area (Å²) in [6.07, 6.45) is 5.49. The van der Waals surface area contributed by atoms with Gasteiger partial charge in [0.25, 0.3) is 0 Å². The highest BCUT2D eigenvalue weighted by molar-refractivity contribution is 5.14. The standard InChI is InChI=1S/C12H15NO2/c13-9-12(6-2-1-3-7-12)11(14)10-5-4-8-15-10/h4-5,8,11,14H,1-3,6-7H2. The summed E-state index contributed by atoms with van der Waals surface area (Å²) in [4.78, 5) is 0. The maximum atomic E-state index is 10.2. The van der Waals surface area contributed by atoms with Crippen molar-refractivity contribution in [2.75, 3.05) is 0 Å². The number of furan rings is 1. The third-order valence-corrected chi connectivity index (χ3v) is 3.30. The lowest BCUT2D eigenvalue weighted by molar-refractivity contribution is 0.0198. The van der Waals surface area contributed by atoms with E-state index in [1.165, 1.54) is 6.26 Å². The predicted molar refractivity (Wildman–Crippen MR) is 54.8 cm³/mol. The van der Waals surface area contributed by atoms with Gasteiger partial charge in [0.05, 0.1) is 17.7 Å². The molecular weight excluding hydrogens is 190 g/mol. The van der Waals surface area contributed by atoms with Crippen LogP contribution >= 0.6 is 0 Å². The van der Waals surface area contributed by atoms with Crippen molar-refractivity contribution in [2.24, 2.45) is 5.41 Å². The molecule has 0 bridgehead atoms. The van der Waals surface area contributed by atoms with Crippen LogP contribution in [0.15, 0.2) is 22.8 Å². The van der Waals surface area contributed by atoms with E-state index in [1.54, 1.807) is 12.1 Å². The van der Waals surface area contributed by atoms with Gasteiger partial charge in [0.2, 0.25) is 0 Å². The van der Waals surface area contributed by atoms with E-state index in [-0.39, 0.29) is 0 Å². The maximum absolute atomic E-state index is 10.2. The summed E-state index contributed by atoms with van der Waals surface area (Å²) in [5.74, 6) is 0.512. The molecule has 1 aliphatic carbocycles. The van der Waals surface area contributed by atoms with Gasteiger partial charge in [0.1, 0.15) is 11.9 Å². The number of aliphatic hydroxyl groups excluding tert-OH is 1. The zero-order chi connectivity index (χ0) is 10.7. The minimum atomic E-state index is -0.780. The van der Waals surface area contributed by atoms with Crippen molar-refractivity contribution >= 4 is 0 Å². The minimum Gasteiger partial charge on any atom is -0.467 e. The van der Waals surface area contributed by atoms with Crippen LogP contribution in [0.5, 0.6) is 0 Å². The number of rotatable bonds is 2. The summed E-state index contributed by atoms with van der Waals surface area (Å²) in [5, 5.41) is 19.4. The Kier molecular flexibility index (Phi) is 2.79. The lowest BCUT2D eigenvalue weighted by Crippen LogP contribution is -2.29. The highest BCUT2D eigenvalue weighted by Gasteiger charge is 2.41. The van der Waals surface area contributed by atoms with Gasteiger partial charge in [-0.15, -0.1) is 0 Å². The number of hydrogen-bond donors (Lipinski definition) is 1. The summed E-state index contributed by atoms with van der Waals surface area (Å²) in [7, 11) is 0. The molecule has 1 heterocycles. The van der Waals surface area contributed by atoms with Crippen molar-refractivity contribution in [3.05, 3.63) is 24.2 Å². The van der Waals surface area contributed by atoms with Gasteiger partial charge in [-0.05, 0) is 25.0 Å². The Hall–Kier alpha value is -1.27. The third kappa shape index (κ3) is 1.78. The first-order valence-electron chi connectivity index (χ1n) is 5.41. The second-order valence-corrected chi connectivity index (χ2v) is 4.25. The third-order valence-electron chi connectivity index (χ3n) is 3.30. The zero-order valence-electron chi connectivity index (χ0n) is 8.65. The molecule has 0 radical (unpaired) electrons. The van der Waals surface area contributed by atoms with Crippen LogP contribution in [0.2, 0.25) is 0 Å². The second kappa shape index (κ2) is 4.08. The van der Waals surface area contributed by atoms with Gasteiger partial charge < -0.3 is 9.52 Å². The van der Waals surface area contributed by atoms with Crippen molar-refractivity contribution in [3.63, 3.8) is 0 Å². The van der Waals surface area contributed by atoms with E-state index >= 15 is 0 Å². The summed E-state index contributed by atoms with van der Waals surface area (Å²) < 4.78 is 5.17. The zero-order valence-corrected chi connectivity index (χ0v) is 8.65. The summed E-state index contributed by atoms with van der Waals surface area (Å²) in [6.45, 7) is 0. The van der Waals surface area contributed by atoms with Crippen LogP contribution in [0.1, 0.15) is 44.0 Å². The smallest absolute Gasteiger partial charge is 0.133 e. The van der Waals surface area contributed by atoms with E-state index < -0.39 is 11.5 Å². The van der Waals surface area contributed by atoms with E-state index in [0.29, 0.717) is 5.76 Å². The molecule has 3 heteroatoms. The van der Waals surface area contributed by atoms with Gasteiger partial charge in [-0.3, -0.25) is 0 Å². The first kappa shape index (κ1) is 10.3. The molecule has 15 heavy (non-hydrogen) atoms. The van der Waals surface area contributed by atoms with E-state index in [9.17, 15) is 10.4 Å². The van der Waals surface area contributed by atoms with Crippen LogP contribution < -0.4 is 0 Å². The highest BCUT2D eigenvalue weighted by atomic mass is 16.4. The molecule has 2 rings (SSSR count). The largest absolute Gasteiger partial charge is 0.467 e. The monoisotopic (exact) mass is 205 g/mol. The molecule has 1 aromatic rings. The Morgan fingerprint density at radius 3 is 2.67 bits per heavy atom. The van der Waals surface area contributed by atoms with Gasteiger partial charge in [0.15, 0.2) is 0 Å². The molecule has 1 N–H and O–H groups in total. The van der Waals surface area contributed by atoms with Gasteiger partial charge >= 0.3 is 0 Å². The Bertz CT molecular complexity index is 344. The SMILES string of the molecule is N#CC1(C(O)c2ccco2)CCCCC1. The molecule has 0 aromatic carbocycles. The van der Waals surface area contributed by atoms with Crippen LogP contribution in [0.4, 0.5) is 0 Å². The van der Waals surface area contributed by atoms with Crippen LogP contribution in [0, 0.1) is 16.7 Å². The van der Waals surface area contributed by atoms with Crippen molar-refractivity contribution < 1.29 is 9.52 Å². The van der Waals surface area contributed by atoms with E-state index in [0.717, 1.165) is 32.1 Å². The summed E-state index contributed by atoms with van der Waals surface area (Å²) >= 11 is 0. The fourth-order valence-electron chi connectivity index (χ4n) is 2.35. The van der Waals surface area contributed by atoms with Crippen LogP contribution in [-0.4, -0.2) is 5.11 Å². The van der Waals surface area contributed by atoms with E-state index in [2.05, 4.69) is 6.07 Å². The Balaban J connectivity index is 2.23. The summed E-state index contributed by atoms with van der Waals surface area (Å²) in [5.41, 5.74) is -0.629. The van der Waals surface area contributed by atoms with Crippen molar-refractivity contribution in [3.8, 4) is 6.07 Å². The topological polar surface area (TPSA) is 57.2 Å². The first-order valence-corrected chi connectivity index (χ1v) is 5.41. The van der Waals surface area contributed by atoms with Crippen molar-refractivity contribution in [1.29, 1.82) is 5.26 Å². The fraction of sp³-hybridized carbons (Fsp3) is 0.583. The number of hydrogen-bond acceptors (Lipinski definition) is 3. The van der Waals surface area contributed by atoms with Crippen molar-refractivity contribution in [1.82, 2.24) is 0 Å². The average molecular weight is 205 g/mol. The molecule has 1 atom stereocenters. The quantitative estimate of drug-likeness (QED) is 0.807. The molecular formula is C12H15NO2. The lowest BCUT2D eigenvalue weighted by atomic mass is 9.70. The maximum Gasteiger partial charge on any atom is 0.133 e. The first-order chi connectivity index (χ1) is 7.28. The van der Waals surface area contributed by atoms with Crippen LogP contribution in [0.3, 0.4) is 0 Å². The molecule has 0 amide bonds. The molecule has 1 saturated carbocycles. The molecule has 1 aliphatic rings. The van der Waals surface area contributed by atoms with Crippen LogP contribution in [-0.2, 0) is 0 Å². The van der Waals surface area contributed by atoms with E-state index in [1.807, 2.05) is 0 Å². The molecule has 1 aromatic heterocycles. The fourth-order valence-corrected chi connectivity index (χ4v) is 2.35. The Labute approximate surface area is 89.3 Å². The van der Waals surface area contributed by atoms with Crippen molar-refractivity contribution in [2.45, 2.75) is 38.2 Å². The van der Waals surface area contributed by atoms with Gasteiger partial charge in [-0.25, -0.2) is 0 Å².